The van der Waals surface area contributed by atoms with Gasteiger partial charge in [-0.2, -0.15) is 10.1 Å². The Kier molecular flexibility index (Phi) is 4.59. The van der Waals surface area contributed by atoms with Gasteiger partial charge in [0.25, 0.3) is 5.91 Å². The fourth-order valence-corrected chi connectivity index (χ4v) is 2.87. The second-order valence-electron chi connectivity index (χ2n) is 6.07. The van der Waals surface area contributed by atoms with E-state index >= 15 is 0 Å². The topological polar surface area (TPSA) is 97.7 Å². The summed E-state index contributed by atoms with van der Waals surface area (Å²) in [5.41, 5.74) is 2.82. The first-order valence-electron chi connectivity index (χ1n) is 8.62. The maximum Gasteiger partial charge on any atom is 0.276 e. The van der Waals surface area contributed by atoms with Crippen LogP contribution in [0.25, 0.3) is 22.6 Å². The number of rotatable bonds is 5. The average molecular weight is 374 g/mol. The first kappa shape index (κ1) is 17.5. The summed E-state index contributed by atoms with van der Waals surface area (Å²) in [6, 6.07) is 18.8. The number of anilines is 1. The SMILES string of the molecule is COc1ccccc1-c1nc(NC(=O)c2cc(-c3ccccc3)nn2C)n[nH]1. The monoisotopic (exact) mass is 374 g/mol. The predicted octanol–water partition coefficient (Wildman–Crippen LogP) is 3.13. The number of nitrogens with zero attached hydrogens (tertiary/aromatic N) is 4. The molecule has 0 unspecified atom stereocenters. The zero-order valence-corrected chi connectivity index (χ0v) is 15.4. The molecule has 0 aliphatic carbocycles. The third-order valence-electron chi connectivity index (χ3n) is 4.25. The molecule has 0 aliphatic heterocycles. The number of aromatic nitrogens is 5. The van der Waals surface area contributed by atoms with Crippen LogP contribution >= 0.6 is 0 Å². The minimum atomic E-state index is -0.345. The van der Waals surface area contributed by atoms with Gasteiger partial charge in [-0.25, -0.2) is 0 Å². The highest BCUT2D eigenvalue weighted by molar-refractivity contribution is 6.02. The van der Waals surface area contributed by atoms with E-state index in [1.54, 1.807) is 20.2 Å². The third kappa shape index (κ3) is 3.35. The first-order valence-corrected chi connectivity index (χ1v) is 8.62. The first-order chi connectivity index (χ1) is 13.7. The summed E-state index contributed by atoms with van der Waals surface area (Å²) < 4.78 is 6.87. The van der Waals surface area contributed by atoms with E-state index in [1.165, 1.54) is 4.68 Å². The van der Waals surface area contributed by atoms with E-state index in [0.717, 1.165) is 16.8 Å². The molecule has 1 amide bonds. The van der Waals surface area contributed by atoms with Crippen molar-refractivity contribution in [2.24, 2.45) is 7.05 Å². The predicted molar refractivity (Wildman–Crippen MR) is 105 cm³/mol. The molecule has 0 saturated heterocycles. The second kappa shape index (κ2) is 7.36. The van der Waals surface area contributed by atoms with Crippen molar-refractivity contribution in [1.29, 1.82) is 0 Å². The van der Waals surface area contributed by atoms with Crippen molar-refractivity contribution in [1.82, 2.24) is 25.0 Å². The molecule has 0 bridgehead atoms. The van der Waals surface area contributed by atoms with Crippen LogP contribution in [0.2, 0.25) is 0 Å². The van der Waals surface area contributed by atoms with Crippen molar-refractivity contribution in [2.45, 2.75) is 0 Å². The van der Waals surface area contributed by atoms with Crippen LogP contribution in [0.4, 0.5) is 5.95 Å². The third-order valence-corrected chi connectivity index (χ3v) is 4.25. The highest BCUT2D eigenvalue weighted by Crippen LogP contribution is 2.27. The van der Waals surface area contributed by atoms with Gasteiger partial charge in [-0.05, 0) is 18.2 Å². The van der Waals surface area contributed by atoms with Crippen molar-refractivity contribution < 1.29 is 9.53 Å². The average Bonchev–Trinajstić information content (AvgIpc) is 3.35. The Balaban J connectivity index is 1.55. The summed E-state index contributed by atoms with van der Waals surface area (Å²) in [5, 5.41) is 14.0. The highest BCUT2D eigenvalue weighted by atomic mass is 16.5. The Hall–Kier alpha value is -3.94. The van der Waals surface area contributed by atoms with E-state index < -0.39 is 0 Å². The van der Waals surface area contributed by atoms with Crippen molar-refractivity contribution in [3.05, 3.63) is 66.4 Å². The zero-order valence-electron chi connectivity index (χ0n) is 15.4. The summed E-state index contributed by atoms with van der Waals surface area (Å²) in [7, 11) is 3.31. The number of ether oxygens (including phenoxy) is 1. The van der Waals surface area contributed by atoms with Crippen LogP contribution in [0, 0.1) is 0 Å². The molecule has 0 aliphatic rings. The number of para-hydroxylation sites is 1. The summed E-state index contributed by atoms with van der Waals surface area (Å²) in [4.78, 5) is 17.0. The van der Waals surface area contributed by atoms with Gasteiger partial charge in [-0.15, -0.1) is 5.10 Å². The molecule has 2 heterocycles. The molecule has 0 radical (unpaired) electrons. The minimum Gasteiger partial charge on any atom is -0.496 e. The van der Waals surface area contributed by atoms with Crippen molar-refractivity contribution in [3.63, 3.8) is 0 Å². The molecule has 0 fully saturated rings. The number of carbonyl (C=O) groups is 1. The summed E-state index contributed by atoms with van der Waals surface area (Å²) in [5.74, 6) is 0.995. The molecule has 8 nitrogen and oxygen atoms in total. The van der Waals surface area contributed by atoms with Gasteiger partial charge in [0, 0.05) is 12.6 Å². The van der Waals surface area contributed by atoms with Crippen molar-refractivity contribution in [3.8, 4) is 28.4 Å². The summed E-state index contributed by atoms with van der Waals surface area (Å²) in [6.07, 6.45) is 0. The number of amides is 1. The summed E-state index contributed by atoms with van der Waals surface area (Å²) in [6.45, 7) is 0. The Morgan fingerprint density at radius 2 is 1.86 bits per heavy atom. The fourth-order valence-electron chi connectivity index (χ4n) is 2.87. The van der Waals surface area contributed by atoms with E-state index in [0.29, 0.717) is 17.3 Å². The van der Waals surface area contributed by atoms with Crippen LogP contribution in [0.3, 0.4) is 0 Å². The molecular formula is C20H18N6O2. The maximum atomic E-state index is 12.7. The van der Waals surface area contributed by atoms with Crippen molar-refractivity contribution >= 4 is 11.9 Å². The molecule has 8 heteroatoms. The number of aryl methyl sites for hydroxylation is 1. The molecule has 4 aromatic rings. The van der Waals surface area contributed by atoms with Crippen LogP contribution < -0.4 is 10.1 Å². The standard InChI is InChI=1S/C20H18N6O2/c1-26-16(12-15(25-26)13-8-4-3-5-9-13)19(27)22-20-21-18(23-24-20)14-10-6-7-11-17(14)28-2/h3-12H,1-2H3,(H2,21,22,23,24,27). The number of hydrogen-bond donors (Lipinski definition) is 2. The van der Waals surface area contributed by atoms with Gasteiger partial charge in [0.1, 0.15) is 11.4 Å². The highest BCUT2D eigenvalue weighted by Gasteiger charge is 2.17. The van der Waals surface area contributed by atoms with E-state index in [9.17, 15) is 4.79 Å². The van der Waals surface area contributed by atoms with E-state index in [2.05, 4.69) is 25.6 Å². The Labute approximate surface area is 161 Å². The molecule has 0 spiro atoms. The molecular weight excluding hydrogens is 356 g/mol. The lowest BCUT2D eigenvalue weighted by atomic mass is 10.1. The number of benzene rings is 2. The molecule has 2 aromatic carbocycles. The van der Waals surface area contributed by atoms with Gasteiger partial charge in [-0.3, -0.25) is 19.9 Å². The van der Waals surface area contributed by atoms with E-state index in [-0.39, 0.29) is 11.9 Å². The Bertz CT molecular complexity index is 1120. The molecule has 0 saturated carbocycles. The zero-order chi connectivity index (χ0) is 19.5. The largest absolute Gasteiger partial charge is 0.496 e. The fraction of sp³-hybridized carbons (Fsp3) is 0.100. The minimum absolute atomic E-state index is 0.174. The van der Waals surface area contributed by atoms with E-state index in [1.807, 2.05) is 54.6 Å². The number of H-pyrrole nitrogens is 1. The number of aromatic amines is 1. The lowest BCUT2D eigenvalue weighted by Gasteiger charge is -2.04. The number of methoxy groups -OCH3 is 1. The molecule has 140 valence electrons. The molecule has 0 atom stereocenters. The van der Waals surface area contributed by atoms with Gasteiger partial charge in [0.15, 0.2) is 5.82 Å². The normalized spacial score (nSPS) is 10.6. The Morgan fingerprint density at radius 3 is 2.64 bits per heavy atom. The van der Waals surface area contributed by atoms with Gasteiger partial charge >= 0.3 is 0 Å². The van der Waals surface area contributed by atoms with Gasteiger partial charge in [0.05, 0.1) is 18.4 Å². The van der Waals surface area contributed by atoms with Gasteiger partial charge in [0.2, 0.25) is 5.95 Å². The number of nitrogens with one attached hydrogen (secondary N) is 2. The number of hydrogen-bond acceptors (Lipinski definition) is 5. The molecule has 4 rings (SSSR count). The maximum absolute atomic E-state index is 12.7. The van der Waals surface area contributed by atoms with Crippen LogP contribution in [0.5, 0.6) is 5.75 Å². The van der Waals surface area contributed by atoms with Crippen LogP contribution in [0.1, 0.15) is 10.5 Å². The van der Waals surface area contributed by atoms with Gasteiger partial charge < -0.3 is 4.74 Å². The van der Waals surface area contributed by atoms with Crippen LogP contribution in [-0.4, -0.2) is 38.0 Å². The molecule has 2 N–H and O–H groups in total. The van der Waals surface area contributed by atoms with Crippen LogP contribution in [0.15, 0.2) is 60.7 Å². The summed E-state index contributed by atoms with van der Waals surface area (Å²) >= 11 is 0. The van der Waals surface area contributed by atoms with Crippen LogP contribution in [-0.2, 0) is 7.05 Å². The van der Waals surface area contributed by atoms with Crippen molar-refractivity contribution in [2.75, 3.05) is 12.4 Å². The second-order valence-corrected chi connectivity index (χ2v) is 6.07. The smallest absolute Gasteiger partial charge is 0.276 e. The molecule has 28 heavy (non-hydrogen) atoms. The van der Waals surface area contributed by atoms with E-state index in [4.69, 9.17) is 4.74 Å². The number of carbonyl (C=O) groups excluding carboxylic acids is 1. The van der Waals surface area contributed by atoms with Gasteiger partial charge in [-0.1, -0.05) is 42.5 Å². The Morgan fingerprint density at radius 1 is 1.11 bits per heavy atom. The lowest BCUT2D eigenvalue weighted by molar-refractivity contribution is 0.101. The molecule has 2 aromatic heterocycles. The lowest BCUT2D eigenvalue weighted by Crippen LogP contribution is -2.16. The quantitative estimate of drug-likeness (QED) is 0.559.